The summed E-state index contributed by atoms with van der Waals surface area (Å²) in [4.78, 5) is 14.9. The second kappa shape index (κ2) is 8.51. The van der Waals surface area contributed by atoms with Gasteiger partial charge in [0.25, 0.3) is 0 Å². The van der Waals surface area contributed by atoms with E-state index < -0.39 is 0 Å². The minimum atomic E-state index is 0.285. The number of ether oxygens (including phenoxy) is 1. The zero-order chi connectivity index (χ0) is 21.5. The number of nitrogens with zero attached hydrogens (tertiary/aromatic N) is 6. The van der Waals surface area contributed by atoms with E-state index in [2.05, 4.69) is 55.7 Å². The van der Waals surface area contributed by atoms with Crippen LogP contribution >= 0.6 is 0 Å². The predicted molar refractivity (Wildman–Crippen MR) is 122 cm³/mol. The third kappa shape index (κ3) is 3.61. The van der Waals surface area contributed by atoms with Gasteiger partial charge in [-0.15, -0.1) is 0 Å². The Balaban J connectivity index is 1.52. The summed E-state index contributed by atoms with van der Waals surface area (Å²) >= 11 is 0.285. The van der Waals surface area contributed by atoms with Crippen molar-refractivity contribution < 1.29 is 25.9 Å². The number of hydrogen-bond donors (Lipinski definition) is 1. The molecule has 0 radical (unpaired) electrons. The third-order valence-corrected chi connectivity index (χ3v) is 9.61. The maximum absolute atomic E-state index is 5.61. The van der Waals surface area contributed by atoms with Crippen LogP contribution in [0.1, 0.15) is 13.3 Å². The van der Waals surface area contributed by atoms with Crippen LogP contribution in [0.2, 0.25) is 0 Å². The van der Waals surface area contributed by atoms with Gasteiger partial charge < -0.3 is 0 Å². The number of morpholine rings is 1. The monoisotopic (exact) mass is 544 g/mol. The Labute approximate surface area is 197 Å². The van der Waals surface area contributed by atoms with Gasteiger partial charge in [-0.05, 0) is 0 Å². The number of anilines is 2. The summed E-state index contributed by atoms with van der Waals surface area (Å²) in [5.74, 6) is 2.11. The zero-order valence-corrected chi connectivity index (χ0v) is 20.3. The molecule has 9 heteroatoms. The number of rotatable bonds is 3. The van der Waals surface area contributed by atoms with Crippen LogP contribution in [0.25, 0.3) is 27.8 Å². The fourth-order valence-electron chi connectivity index (χ4n) is 4.59. The van der Waals surface area contributed by atoms with Gasteiger partial charge in [0.1, 0.15) is 0 Å². The van der Waals surface area contributed by atoms with Crippen LogP contribution in [-0.2, 0) is 4.74 Å². The summed E-state index contributed by atoms with van der Waals surface area (Å²) < 4.78 is 10.1. The van der Waals surface area contributed by atoms with E-state index >= 15 is 0 Å². The van der Waals surface area contributed by atoms with Crippen LogP contribution in [-0.4, -0.2) is 72.3 Å². The zero-order valence-electron chi connectivity index (χ0n) is 18.2. The normalized spacial score (nSPS) is 20.5. The molecule has 0 amide bonds. The number of H-pyrrole nitrogens is 1. The summed E-state index contributed by atoms with van der Waals surface area (Å²) in [5.41, 5.74) is 3.98. The molecule has 3 aromatic heterocycles. The molecule has 1 aromatic carbocycles. The summed E-state index contributed by atoms with van der Waals surface area (Å²) in [6.07, 6.45) is 7.35. The van der Waals surface area contributed by atoms with E-state index in [1.54, 1.807) is 0 Å². The first-order valence-electron chi connectivity index (χ1n) is 11.2. The number of alkyl halides is 2. The molecule has 6 rings (SSSR count). The number of imidazole rings is 1. The number of aromatic nitrogens is 5. The Morgan fingerprint density at radius 1 is 1.09 bits per heavy atom. The molecular formula is C23H27IN7O-. The average molecular weight is 544 g/mol. The van der Waals surface area contributed by atoms with E-state index in [9.17, 15) is 0 Å². The van der Waals surface area contributed by atoms with Gasteiger partial charge in [-0.2, -0.15) is 0 Å². The molecule has 0 bridgehead atoms. The quantitative estimate of drug-likeness (QED) is 0.285. The van der Waals surface area contributed by atoms with E-state index in [0.717, 1.165) is 76.9 Å². The molecule has 8 nitrogen and oxygen atoms in total. The first-order chi connectivity index (χ1) is 15.8. The van der Waals surface area contributed by atoms with Gasteiger partial charge in [-0.25, -0.2) is 0 Å². The fraction of sp³-hybridized carbons (Fsp3) is 0.435. The molecule has 5 heterocycles. The van der Waals surface area contributed by atoms with Gasteiger partial charge in [0, 0.05) is 0 Å². The van der Waals surface area contributed by atoms with Crippen molar-refractivity contribution >= 4 is 28.2 Å². The molecule has 1 N–H and O–H groups in total. The first-order valence-corrected chi connectivity index (χ1v) is 14.0. The minimum absolute atomic E-state index is 0.285. The molecule has 4 aromatic rings. The van der Waals surface area contributed by atoms with E-state index in [-0.39, 0.29) is 21.2 Å². The topological polar surface area (TPSA) is 74.6 Å². The van der Waals surface area contributed by atoms with Crippen molar-refractivity contribution in [3.63, 3.8) is 0 Å². The number of benzene rings is 1. The Bertz CT molecular complexity index is 1250. The Morgan fingerprint density at radius 2 is 2.00 bits per heavy atom. The second-order valence-electron chi connectivity index (χ2n) is 8.40. The molecule has 168 valence electrons. The first kappa shape index (κ1) is 20.2. The van der Waals surface area contributed by atoms with Crippen molar-refractivity contribution in [2.75, 3.05) is 53.6 Å². The number of fused-ring (bicyclic) bond motifs is 2. The number of halogens is 1. The Morgan fingerprint density at radius 3 is 2.91 bits per heavy atom. The molecule has 2 fully saturated rings. The summed E-state index contributed by atoms with van der Waals surface area (Å²) in [5, 5.41) is 8.43. The number of aromatic amines is 1. The van der Waals surface area contributed by atoms with Gasteiger partial charge in [0.05, 0.1) is 0 Å². The summed E-state index contributed by atoms with van der Waals surface area (Å²) in [6, 6.07) is 6.24. The van der Waals surface area contributed by atoms with Crippen molar-refractivity contribution in [3.05, 3.63) is 36.8 Å². The van der Waals surface area contributed by atoms with Gasteiger partial charge in [-0.3, -0.25) is 0 Å². The van der Waals surface area contributed by atoms with Crippen molar-refractivity contribution in [3.8, 4) is 11.3 Å². The molecular weight excluding hydrogens is 517 g/mol. The van der Waals surface area contributed by atoms with Crippen molar-refractivity contribution in [1.82, 2.24) is 24.6 Å². The van der Waals surface area contributed by atoms with E-state index in [1.807, 2.05) is 12.4 Å². The number of nitrogens with one attached hydrogen (secondary N) is 1. The Hall–Kier alpha value is -2.40. The van der Waals surface area contributed by atoms with Crippen LogP contribution in [0.15, 0.2) is 36.8 Å². The SMILES string of the molecule is C[C@@H]1CCN(c2cnc3c(N4CCOCC4)nc(-c4cccc5[nH]ncc45)cn23)CC[I-]1. The maximum atomic E-state index is 5.61. The van der Waals surface area contributed by atoms with E-state index in [4.69, 9.17) is 14.7 Å². The Kier molecular flexibility index (Phi) is 5.38. The summed E-state index contributed by atoms with van der Waals surface area (Å²) in [6.45, 7) is 7.72. The molecule has 0 spiro atoms. The second-order valence-corrected chi connectivity index (χ2v) is 12.5. The van der Waals surface area contributed by atoms with Gasteiger partial charge in [-0.1, -0.05) is 0 Å². The molecule has 2 saturated heterocycles. The van der Waals surface area contributed by atoms with Crippen LogP contribution < -0.4 is 31.0 Å². The average Bonchev–Trinajstić information content (AvgIpc) is 3.43. The number of hydrogen-bond acceptors (Lipinski definition) is 6. The van der Waals surface area contributed by atoms with Gasteiger partial charge in [0.15, 0.2) is 0 Å². The van der Waals surface area contributed by atoms with Crippen LogP contribution in [0.5, 0.6) is 0 Å². The van der Waals surface area contributed by atoms with Crippen LogP contribution in [0, 0.1) is 0 Å². The van der Waals surface area contributed by atoms with Crippen molar-refractivity contribution in [2.24, 2.45) is 0 Å². The standard InChI is InChI=1S/C23H27IN7O/c1-16-5-7-29(8-6-24-16)21-14-25-22-23(30-9-11-32-12-10-30)27-20(15-31(21)22)17-3-2-4-19-18(17)13-26-28-19/h2-4,13-16H,5-12H2,1H3,(H,26,28)/q-1/t16-/m1/s1. The summed E-state index contributed by atoms with van der Waals surface area (Å²) in [7, 11) is 0. The molecule has 0 saturated carbocycles. The molecule has 32 heavy (non-hydrogen) atoms. The van der Waals surface area contributed by atoms with E-state index in [0.29, 0.717) is 0 Å². The van der Waals surface area contributed by atoms with Gasteiger partial charge in [0.2, 0.25) is 0 Å². The van der Waals surface area contributed by atoms with Gasteiger partial charge >= 0.3 is 198 Å². The molecule has 1 atom stereocenters. The molecule has 2 aliphatic rings. The van der Waals surface area contributed by atoms with Crippen LogP contribution in [0.4, 0.5) is 11.6 Å². The van der Waals surface area contributed by atoms with Crippen LogP contribution in [0.3, 0.4) is 0 Å². The molecule has 0 aliphatic carbocycles. The van der Waals surface area contributed by atoms with Crippen molar-refractivity contribution in [1.29, 1.82) is 0 Å². The van der Waals surface area contributed by atoms with Crippen molar-refractivity contribution in [2.45, 2.75) is 17.3 Å². The predicted octanol–water partition coefficient (Wildman–Crippen LogP) is -0.203. The fourth-order valence-corrected chi connectivity index (χ4v) is 7.23. The third-order valence-electron chi connectivity index (χ3n) is 6.37. The van der Waals surface area contributed by atoms with E-state index in [1.165, 1.54) is 16.7 Å². The molecule has 2 aliphatic heterocycles. The molecule has 0 unspecified atom stereocenters.